The number of rotatable bonds is 3. The number of aliphatic hydroxyl groups is 1. The Morgan fingerprint density at radius 3 is 3.12 bits per heavy atom. The highest BCUT2D eigenvalue weighted by molar-refractivity contribution is 5.28. The maximum absolute atomic E-state index is 10.4. The lowest BCUT2D eigenvalue weighted by molar-refractivity contribution is -0.0905. The topological polar surface area (TPSA) is 51.6 Å². The monoisotopic (exact) mass is 223 g/mol. The van der Waals surface area contributed by atoms with Gasteiger partial charge in [0, 0.05) is 18.4 Å². The van der Waals surface area contributed by atoms with Gasteiger partial charge in [-0.2, -0.15) is 0 Å². The SMILES string of the molecule is CCOc1cncc(C2(O)CCCOC2)c1. The zero-order valence-electron chi connectivity index (χ0n) is 9.48. The number of pyridine rings is 1. The van der Waals surface area contributed by atoms with Crippen molar-refractivity contribution in [3.8, 4) is 5.75 Å². The van der Waals surface area contributed by atoms with E-state index in [0.717, 1.165) is 18.6 Å². The molecule has 1 aliphatic heterocycles. The smallest absolute Gasteiger partial charge is 0.137 e. The van der Waals surface area contributed by atoms with E-state index >= 15 is 0 Å². The first-order chi connectivity index (χ1) is 7.74. The van der Waals surface area contributed by atoms with E-state index in [-0.39, 0.29) is 0 Å². The van der Waals surface area contributed by atoms with Crippen LogP contribution in [0.1, 0.15) is 25.3 Å². The van der Waals surface area contributed by atoms with E-state index in [9.17, 15) is 5.11 Å². The summed E-state index contributed by atoms with van der Waals surface area (Å²) in [5.74, 6) is 0.694. The van der Waals surface area contributed by atoms with Crippen LogP contribution in [-0.2, 0) is 10.3 Å². The second-order valence-electron chi connectivity index (χ2n) is 4.03. The maximum Gasteiger partial charge on any atom is 0.137 e. The van der Waals surface area contributed by atoms with E-state index < -0.39 is 5.60 Å². The Morgan fingerprint density at radius 2 is 2.44 bits per heavy atom. The summed E-state index contributed by atoms with van der Waals surface area (Å²) in [7, 11) is 0. The molecule has 1 aromatic heterocycles. The molecule has 0 spiro atoms. The van der Waals surface area contributed by atoms with Crippen LogP contribution in [0.4, 0.5) is 0 Å². The lowest BCUT2D eigenvalue weighted by atomic mass is 9.89. The average molecular weight is 223 g/mol. The van der Waals surface area contributed by atoms with Crippen molar-refractivity contribution in [2.45, 2.75) is 25.4 Å². The molecule has 16 heavy (non-hydrogen) atoms. The molecule has 0 saturated carbocycles. The molecule has 1 saturated heterocycles. The zero-order chi connectivity index (χ0) is 11.4. The summed E-state index contributed by atoms with van der Waals surface area (Å²) in [4.78, 5) is 4.08. The van der Waals surface area contributed by atoms with Gasteiger partial charge in [-0.15, -0.1) is 0 Å². The van der Waals surface area contributed by atoms with Gasteiger partial charge in [-0.1, -0.05) is 0 Å². The first-order valence-corrected chi connectivity index (χ1v) is 5.63. The predicted octanol–water partition coefficient (Wildman–Crippen LogP) is 1.48. The van der Waals surface area contributed by atoms with Crippen molar-refractivity contribution in [3.63, 3.8) is 0 Å². The summed E-state index contributed by atoms with van der Waals surface area (Å²) in [6.45, 7) is 3.58. The van der Waals surface area contributed by atoms with Crippen molar-refractivity contribution >= 4 is 0 Å². The fraction of sp³-hybridized carbons (Fsp3) is 0.583. The van der Waals surface area contributed by atoms with Gasteiger partial charge < -0.3 is 14.6 Å². The highest BCUT2D eigenvalue weighted by Gasteiger charge is 2.32. The first-order valence-electron chi connectivity index (χ1n) is 5.63. The summed E-state index contributed by atoms with van der Waals surface area (Å²) in [6, 6.07) is 1.84. The molecule has 0 amide bonds. The Morgan fingerprint density at radius 1 is 1.56 bits per heavy atom. The summed E-state index contributed by atoms with van der Waals surface area (Å²) in [5.41, 5.74) is -0.128. The van der Waals surface area contributed by atoms with E-state index in [1.807, 2.05) is 13.0 Å². The minimum absolute atomic E-state index is 0.338. The van der Waals surface area contributed by atoms with Crippen LogP contribution in [0, 0.1) is 0 Å². The van der Waals surface area contributed by atoms with Crippen molar-refractivity contribution in [2.24, 2.45) is 0 Å². The van der Waals surface area contributed by atoms with Gasteiger partial charge in [-0.05, 0) is 25.8 Å². The molecule has 88 valence electrons. The molecule has 2 heterocycles. The zero-order valence-corrected chi connectivity index (χ0v) is 9.48. The van der Waals surface area contributed by atoms with Crippen LogP contribution in [-0.4, -0.2) is 29.9 Å². The normalized spacial score (nSPS) is 25.4. The Kier molecular flexibility index (Phi) is 3.41. The van der Waals surface area contributed by atoms with Crippen molar-refractivity contribution in [3.05, 3.63) is 24.0 Å². The standard InChI is InChI=1S/C12H17NO3/c1-2-16-11-6-10(7-13-8-11)12(14)4-3-5-15-9-12/h6-8,14H,2-5,9H2,1H3. The summed E-state index contributed by atoms with van der Waals surface area (Å²) < 4.78 is 10.7. The first kappa shape index (κ1) is 11.4. The third-order valence-electron chi connectivity index (χ3n) is 2.78. The number of hydrogen-bond donors (Lipinski definition) is 1. The van der Waals surface area contributed by atoms with Gasteiger partial charge >= 0.3 is 0 Å². The molecule has 1 aliphatic rings. The number of aromatic nitrogens is 1. The molecular weight excluding hydrogens is 206 g/mol. The second kappa shape index (κ2) is 4.80. The highest BCUT2D eigenvalue weighted by Crippen LogP contribution is 2.31. The van der Waals surface area contributed by atoms with E-state index in [1.54, 1.807) is 12.4 Å². The Labute approximate surface area is 95.2 Å². The van der Waals surface area contributed by atoms with E-state index in [1.165, 1.54) is 0 Å². The molecule has 1 fully saturated rings. The van der Waals surface area contributed by atoms with Crippen molar-refractivity contribution in [2.75, 3.05) is 19.8 Å². The maximum atomic E-state index is 10.4. The van der Waals surface area contributed by atoms with E-state index in [0.29, 0.717) is 25.4 Å². The molecule has 0 bridgehead atoms. The molecule has 1 aromatic rings. The molecule has 0 aliphatic carbocycles. The van der Waals surface area contributed by atoms with Gasteiger partial charge in [0.1, 0.15) is 11.4 Å². The minimum Gasteiger partial charge on any atom is -0.492 e. The molecule has 0 radical (unpaired) electrons. The van der Waals surface area contributed by atoms with Crippen LogP contribution < -0.4 is 4.74 Å². The molecule has 4 heteroatoms. The van der Waals surface area contributed by atoms with Crippen LogP contribution >= 0.6 is 0 Å². The number of ether oxygens (including phenoxy) is 2. The van der Waals surface area contributed by atoms with Crippen molar-refractivity contribution in [1.29, 1.82) is 0 Å². The average Bonchev–Trinajstić information content (AvgIpc) is 2.31. The fourth-order valence-corrected chi connectivity index (χ4v) is 1.93. The Balaban J connectivity index is 2.21. The quantitative estimate of drug-likeness (QED) is 0.843. The lowest BCUT2D eigenvalue weighted by Crippen LogP contribution is -2.35. The third kappa shape index (κ3) is 2.33. The molecule has 1 atom stereocenters. The molecular formula is C12H17NO3. The molecule has 1 N–H and O–H groups in total. The largest absolute Gasteiger partial charge is 0.492 e. The van der Waals surface area contributed by atoms with Gasteiger partial charge in [0.2, 0.25) is 0 Å². The Hall–Kier alpha value is -1.13. The highest BCUT2D eigenvalue weighted by atomic mass is 16.5. The number of hydrogen-bond acceptors (Lipinski definition) is 4. The molecule has 1 unspecified atom stereocenters. The molecule has 4 nitrogen and oxygen atoms in total. The van der Waals surface area contributed by atoms with Gasteiger partial charge in [0.15, 0.2) is 0 Å². The summed E-state index contributed by atoms with van der Waals surface area (Å²) in [5, 5.41) is 10.4. The van der Waals surface area contributed by atoms with Crippen LogP contribution in [0.25, 0.3) is 0 Å². The summed E-state index contributed by atoms with van der Waals surface area (Å²) in [6.07, 6.45) is 4.91. The van der Waals surface area contributed by atoms with Crippen LogP contribution in [0.5, 0.6) is 5.75 Å². The number of nitrogens with zero attached hydrogens (tertiary/aromatic N) is 1. The van der Waals surface area contributed by atoms with E-state index in [4.69, 9.17) is 9.47 Å². The predicted molar refractivity (Wildman–Crippen MR) is 59.4 cm³/mol. The fourth-order valence-electron chi connectivity index (χ4n) is 1.93. The van der Waals surface area contributed by atoms with Gasteiger partial charge in [0.25, 0.3) is 0 Å². The van der Waals surface area contributed by atoms with E-state index in [2.05, 4.69) is 4.98 Å². The van der Waals surface area contributed by atoms with Crippen molar-refractivity contribution in [1.82, 2.24) is 4.98 Å². The summed E-state index contributed by atoms with van der Waals surface area (Å²) >= 11 is 0. The van der Waals surface area contributed by atoms with Crippen LogP contribution in [0.15, 0.2) is 18.5 Å². The second-order valence-corrected chi connectivity index (χ2v) is 4.03. The third-order valence-corrected chi connectivity index (χ3v) is 2.78. The van der Waals surface area contributed by atoms with Gasteiger partial charge in [0.05, 0.1) is 19.4 Å². The lowest BCUT2D eigenvalue weighted by Gasteiger charge is -2.32. The van der Waals surface area contributed by atoms with Crippen LogP contribution in [0.3, 0.4) is 0 Å². The molecule has 2 rings (SSSR count). The Bertz CT molecular complexity index is 348. The molecule has 0 aromatic carbocycles. The van der Waals surface area contributed by atoms with Gasteiger partial charge in [-0.25, -0.2) is 0 Å². The van der Waals surface area contributed by atoms with Crippen molar-refractivity contribution < 1.29 is 14.6 Å². The van der Waals surface area contributed by atoms with Gasteiger partial charge in [-0.3, -0.25) is 4.98 Å². The van der Waals surface area contributed by atoms with Crippen LogP contribution in [0.2, 0.25) is 0 Å². The minimum atomic E-state index is -0.904.